The molecule has 2 heterocycles. The van der Waals surface area contributed by atoms with Crippen LogP contribution in [-0.2, 0) is 6.54 Å². The Balaban J connectivity index is 1.38. The Kier molecular flexibility index (Phi) is 11.1. The number of aliphatic hydroxyl groups excluding tert-OH is 1. The number of methoxy groups -OCH3 is 1. The van der Waals surface area contributed by atoms with Gasteiger partial charge in [0, 0.05) is 13.1 Å². The minimum absolute atomic E-state index is 0.293. The summed E-state index contributed by atoms with van der Waals surface area (Å²) in [7, 11) is 3.89. The lowest BCUT2D eigenvalue weighted by Gasteiger charge is -2.28. The monoisotopic (exact) mass is 447 g/mol. The molecular formula is C26H45N3O3. The van der Waals surface area contributed by atoms with Gasteiger partial charge in [-0.25, -0.2) is 0 Å². The maximum atomic E-state index is 10.5. The van der Waals surface area contributed by atoms with Crippen molar-refractivity contribution in [3.63, 3.8) is 0 Å². The van der Waals surface area contributed by atoms with Crippen molar-refractivity contribution in [2.24, 2.45) is 5.92 Å². The topological polar surface area (TPSA) is 57.2 Å². The first-order valence-corrected chi connectivity index (χ1v) is 12.7. The van der Waals surface area contributed by atoms with Gasteiger partial charge < -0.3 is 29.7 Å². The maximum absolute atomic E-state index is 10.5. The molecular weight excluding hydrogens is 402 g/mol. The summed E-state index contributed by atoms with van der Waals surface area (Å²) in [5.74, 6) is 2.29. The molecule has 3 rings (SSSR count). The van der Waals surface area contributed by atoms with Gasteiger partial charge in [0.1, 0.15) is 12.7 Å². The highest BCUT2D eigenvalue weighted by atomic mass is 16.5. The molecule has 2 fully saturated rings. The molecule has 0 radical (unpaired) electrons. The summed E-state index contributed by atoms with van der Waals surface area (Å²) in [5.41, 5.74) is 1.19. The molecule has 6 nitrogen and oxygen atoms in total. The molecule has 1 aromatic carbocycles. The molecule has 0 amide bonds. The van der Waals surface area contributed by atoms with E-state index in [1.54, 1.807) is 7.11 Å². The van der Waals surface area contributed by atoms with E-state index in [0.717, 1.165) is 37.8 Å². The fourth-order valence-corrected chi connectivity index (χ4v) is 4.86. The molecule has 0 saturated carbocycles. The number of benzene rings is 1. The van der Waals surface area contributed by atoms with E-state index in [9.17, 15) is 5.11 Å². The fourth-order valence-electron chi connectivity index (χ4n) is 4.86. The predicted octanol–water partition coefficient (Wildman–Crippen LogP) is 3.52. The Morgan fingerprint density at radius 2 is 1.75 bits per heavy atom. The fraction of sp³-hybridized carbons (Fsp3) is 0.769. The first-order valence-electron chi connectivity index (χ1n) is 12.7. The lowest BCUT2D eigenvalue weighted by Crippen LogP contribution is -2.37. The largest absolute Gasteiger partial charge is 0.493 e. The van der Waals surface area contributed by atoms with Crippen LogP contribution in [0, 0.1) is 5.92 Å². The number of hydrogen-bond acceptors (Lipinski definition) is 6. The van der Waals surface area contributed by atoms with E-state index < -0.39 is 6.10 Å². The zero-order valence-electron chi connectivity index (χ0n) is 20.4. The van der Waals surface area contributed by atoms with Crippen LogP contribution in [-0.4, -0.2) is 81.0 Å². The molecule has 2 aliphatic heterocycles. The van der Waals surface area contributed by atoms with Crippen molar-refractivity contribution in [3.8, 4) is 11.5 Å². The van der Waals surface area contributed by atoms with Crippen molar-refractivity contribution < 1.29 is 14.6 Å². The molecule has 0 aromatic heterocycles. The number of hydrogen-bond donors (Lipinski definition) is 2. The van der Waals surface area contributed by atoms with Gasteiger partial charge in [-0.05, 0) is 95.5 Å². The van der Waals surface area contributed by atoms with E-state index >= 15 is 0 Å². The summed E-state index contributed by atoms with van der Waals surface area (Å²) in [6, 6.07) is 6.10. The van der Waals surface area contributed by atoms with Crippen LogP contribution in [0.4, 0.5) is 0 Å². The second-order valence-electron chi connectivity index (χ2n) is 9.73. The minimum atomic E-state index is -0.486. The molecule has 1 atom stereocenters. The Morgan fingerprint density at radius 3 is 2.47 bits per heavy atom. The summed E-state index contributed by atoms with van der Waals surface area (Å²) in [6.45, 7) is 7.49. The molecule has 0 spiro atoms. The number of aliphatic hydroxyl groups is 1. The first kappa shape index (κ1) is 25.3. The number of rotatable bonds is 11. The molecule has 2 aliphatic rings. The lowest BCUT2D eigenvalue weighted by molar-refractivity contribution is 0.0645. The third kappa shape index (κ3) is 8.89. The SMILES string of the molecule is COc1cc(CNCCC2CCN(C)CC2)ccc1OCC(O)CN1CCCCCCC1. The maximum Gasteiger partial charge on any atom is 0.161 e. The van der Waals surface area contributed by atoms with Gasteiger partial charge in [0.25, 0.3) is 0 Å². The van der Waals surface area contributed by atoms with Crippen LogP contribution < -0.4 is 14.8 Å². The second kappa shape index (κ2) is 14.0. The molecule has 0 aliphatic carbocycles. The number of likely N-dealkylation sites (tertiary alicyclic amines) is 2. The Morgan fingerprint density at radius 1 is 1.03 bits per heavy atom. The van der Waals surface area contributed by atoms with Crippen LogP contribution in [0.25, 0.3) is 0 Å². The van der Waals surface area contributed by atoms with Crippen LogP contribution in [0.15, 0.2) is 18.2 Å². The second-order valence-corrected chi connectivity index (χ2v) is 9.73. The van der Waals surface area contributed by atoms with Gasteiger partial charge in [-0.3, -0.25) is 0 Å². The van der Waals surface area contributed by atoms with E-state index in [4.69, 9.17) is 9.47 Å². The van der Waals surface area contributed by atoms with Gasteiger partial charge in [0.05, 0.1) is 7.11 Å². The number of nitrogens with zero attached hydrogens (tertiary/aromatic N) is 2. The number of ether oxygens (including phenoxy) is 2. The average molecular weight is 448 g/mol. The molecule has 1 aromatic rings. The van der Waals surface area contributed by atoms with Crippen LogP contribution in [0.2, 0.25) is 0 Å². The standard InChI is InChI=1S/C26H45N3O3/c1-28-16-11-22(12-17-28)10-13-27-19-23-8-9-25(26(18-23)31-2)32-21-24(30)20-29-14-6-4-3-5-7-15-29/h8-9,18,22,24,27,30H,3-7,10-17,19-21H2,1-2H3. The Hall–Kier alpha value is -1.34. The zero-order valence-corrected chi connectivity index (χ0v) is 20.4. The highest BCUT2D eigenvalue weighted by Crippen LogP contribution is 2.28. The summed E-state index contributed by atoms with van der Waals surface area (Å²) < 4.78 is 11.5. The molecule has 32 heavy (non-hydrogen) atoms. The molecule has 2 saturated heterocycles. The van der Waals surface area contributed by atoms with Crippen LogP contribution in [0.1, 0.15) is 56.9 Å². The van der Waals surface area contributed by atoms with E-state index in [1.165, 1.54) is 70.0 Å². The van der Waals surface area contributed by atoms with Gasteiger partial charge in [-0.2, -0.15) is 0 Å². The highest BCUT2D eigenvalue weighted by molar-refractivity contribution is 5.43. The van der Waals surface area contributed by atoms with Gasteiger partial charge in [-0.15, -0.1) is 0 Å². The predicted molar refractivity (Wildman–Crippen MR) is 131 cm³/mol. The zero-order chi connectivity index (χ0) is 22.6. The first-order chi connectivity index (χ1) is 15.6. The van der Waals surface area contributed by atoms with Crippen molar-refractivity contribution in [2.75, 3.05) is 60.0 Å². The Bertz CT molecular complexity index is 641. The lowest BCUT2D eigenvalue weighted by atomic mass is 9.94. The molecule has 0 bridgehead atoms. The van der Waals surface area contributed by atoms with Crippen LogP contribution in [0.5, 0.6) is 11.5 Å². The number of piperidine rings is 1. The number of β-amino-alcohol motifs (C(OH)–C–C–N with tert-alkyl or cyclic N) is 1. The minimum Gasteiger partial charge on any atom is -0.493 e. The molecule has 1 unspecified atom stereocenters. The third-order valence-electron chi connectivity index (χ3n) is 6.97. The normalized spacial score (nSPS) is 20.5. The summed E-state index contributed by atoms with van der Waals surface area (Å²) in [5, 5.41) is 14.1. The van der Waals surface area contributed by atoms with Gasteiger partial charge in [0.2, 0.25) is 0 Å². The van der Waals surface area contributed by atoms with E-state index in [2.05, 4.69) is 28.2 Å². The van der Waals surface area contributed by atoms with E-state index in [1.807, 2.05) is 12.1 Å². The van der Waals surface area contributed by atoms with Crippen LogP contribution in [0.3, 0.4) is 0 Å². The van der Waals surface area contributed by atoms with E-state index in [0.29, 0.717) is 18.9 Å². The summed E-state index contributed by atoms with van der Waals surface area (Å²) in [6.07, 6.45) is 9.83. The Labute approximate surface area is 195 Å². The highest BCUT2D eigenvalue weighted by Gasteiger charge is 2.17. The molecule has 182 valence electrons. The quantitative estimate of drug-likeness (QED) is 0.506. The number of nitrogens with one attached hydrogen (secondary N) is 1. The van der Waals surface area contributed by atoms with Crippen molar-refractivity contribution in [3.05, 3.63) is 23.8 Å². The average Bonchev–Trinajstić information content (AvgIpc) is 2.78. The van der Waals surface area contributed by atoms with Gasteiger partial charge >= 0.3 is 0 Å². The van der Waals surface area contributed by atoms with Gasteiger partial charge in [-0.1, -0.05) is 25.3 Å². The summed E-state index contributed by atoms with van der Waals surface area (Å²) >= 11 is 0. The summed E-state index contributed by atoms with van der Waals surface area (Å²) in [4.78, 5) is 4.81. The van der Waals surface area contributed by atoms with Crippen molar-refractivity contribution in [2.45, 2.75) is 64.0 Å². The van der Waals surface area contributed by atoms with Crippen molar-refractivity contribution >= 4 is 0 Å². The van der Waals surface area contributed by atoms with Crippen molar-refractivity contribution in [1.82, 2.24) is 15.1 Å². The van der Waals surface area contributed by atoms with Gasteiger partial charge in [0.15, 0.2) is 11.5 Å². The molecule has 6 heteroatoms. The third-order valence-corrected chi connectivity index (χ3v) is 6.97. The van der Waals surface area contributed by atoms with Crippen molar-refractivity contribution in [1.29, 1.82) is 0 Å². The van der Waals surface area contributed by atoms with Crippen LogP contribution >= 0.6 is 0 Å². The molecule has 2 N–H and O–H groups in total. The van der Waals surface area contributed by atoms with E-state index in [-0.39, 0.29) is 0 Å². The smallest absolute Gasteiger partial charge is 0.161 e.